The van der Waals surface area contributed by atoms with Crippen LogP contribution < -0.4 is 10.5 Å². The second-order valence-electron chi connectivity index (χ2n) is 5.96. The van der Waals surface area contributed by atoms with Gasteiger partial charge in [-0.15, -0.1) is 0 Å². The minimum atomic E-state index is 0.477. The van der Waals surface area contributed by atoms with Crippen molar-refractivity contribution in [1.29, 1.82) is 0 Å². The Morgan fingerprint density at radius 1 is 1.12 bits per heavy atom. The number of rotatable bonds is 6. The van der Waals surface area contributed by atoms with Gasteiger partial charge in [0.1, 0.15) is 24.8 Å². The number of ether oxygens (including phenoxy) is 2. The van der Waals surface area contributed by atoms with E-state index in [4.69, 9.17) is 20.2 Å². The van der Waals surface area contributed by atoms with E-state index >= 15 is 0 Å². The number of aryl methyl sites for hydroxylation is 2. The zero-order valence-electron chi connectivity index (χ0n) is 14.4. The highest BCUT2D eigenvalue weighted by Crippen LogP contribution is 2.22. The summed E-state index contributed by atoms with van der Waals surface area (Å²) in [6.45, 7) is 5.94. The summed E-state index contributed by atoms with van der Waals surface area (Å²) >= 11 is 0. The van der Waals surface area contributed by atoms with Crippen molar-refractivity contribution in [3.8, 4) is 5.75 Å². The van der Waals surface area contributed by atoms with E-state index in [-0.39, 0.29) is 0 Å². The lowest BCUT2D eigenvalue weighted by molar-refractivity contribution is 0.173. The number of hydrogen-bond donors (Lipinski definition) is 1. The summed E-state index contributed by atoms with van der Waals surface area (Å²) in [6, 6.07) is 11.8. The van der Waals surface area contributed by atoms with Crippen LogP contribution in [0.4, 0.5) is 5.69 Å². The smallest absolute Gasteiger partial charge is 0.136 e. The van der Waals surface area contributed by atoms with Crippen LogP contribution in [0.1, 0.15) is 17.0 Å². The highest BCUT2D eigenvalue weighted by Gasteiger charge is 2.12. The Morgan fingerprint density at radius 2 is 1.92 bits per heavy atom. The van der Waals surface area contributed by atoms with E-state index in [1.54, 1.807) is 7.11 Å². The van der Waals surface area contributed by atoms with Crippen molar-refractivity contribution < 1.29 is 9.47 Å². The highest BCUT2D eigenvalue weighted by atomic mass is 16.5. The molecule has 0 fully saturated rings. The molecule has 0 spiro atoms. The quantitative estimate of drug-likeness (QED) is 0.705. The highest BCUT2D eigenvalue weighted by molar-refractivity contribution is 5.78. The van der Waals surface area contributed by atoms with Gasteiger partial charge < -0.3 is 19.8 Å². The zero-order valence-corrected chi connectivity index (χ0v) is 14.4. The molecule has 0 aliphatic carbocycles. The molecule has 1 heterocycles. The average molecular weight is 325 g/mol. The molecule has 2 aromatic carbocycles. The van der Waals surface area contributed by atoms with Gasteiger partial charge in [-0.1, -0.05) is 6.07 Å². The molecule has 0 aliphatic heterocycles. The number of nitrogen functional groups attached to an aromatic ring is 1. The molecule has 3 aromatic rings. The van der Waals surface area contributed by atoms with E-state index in [0.717, 1.165) is 22.6 Å². The molecule has 0 aliphatic rings. The Kier molecular flexibility index (Phi) is 4.71. The van der Waals surface area contributed by atoms with Gasteiger partial charge in [-0.25, -0.2) is 4.98 Å². The Morgan fingerprint density at radius 3 is 2.67 bits per heavy atom. The number of nitrogens with two attached hydrogens (primary N) is 1. The van der Waals surface area contributed by atoms with Gasteiger partial charge in [-0.3, -0.25) is 0 Å². The minimum Gasteiger partial charge on any atom is -0.492 e. The van der Waals surface area contributed by atoms with Crippen molar-refractivity contribution in [3.05, 3.63) is 53.3 Å². The number of fused-ring (bicyclic) bond motifs is 1. The number of imidazole rings is 1. The van der Waals surface area contributed by atoms with Crippen LogP contribution in [0.5, 0.6) is 5.75 Å². The second-order valence-corrected chi connectivity index (χ2v) is 5.96. The number of methoxy groups -OCH3 is 1. The molecule has 0 unspecified atom stereocenters. The normalized spacial score (nSPS) is 11.1. The number of aromatic nitrogens is 2. The van der Waals surface area contributed by atoms with Crippen LogP contribution in [0, 0.1) is 13.8 Å². The Balaban J connectivity index is 1.84. The topological polar surface area (TPSA) is 62.3 Å². The fourth-order valence-electron chi connectivity index (χ4n) is 2.78. The first-order chi connectivity index (χ1) is 11.6. The van der Waals surface area contributed by atoms with Crippen molar-refractivity contribution in [1.82, 2.24) is 9.55 Å². The van der Waals surface area contributed by atoms with Crippen LogP contribution in [-0.4, -0.2) is 23.3 Å². The van der Waals surface area contributed by atoms with Gasteiger partial charge >= 0.3 is 0 Å². The molecule has 5 nitrogen and oxygen atoms in total. The molecule has 3 rings (SSSR count). The second kappa shape index (κ2) is 6.93. The summed E-state index contributed by atoms with van der Waals surface area (Å²) in [5.41, 5.74) is 11.1. The van der Waals surface area contributed by atoms with Crippen molar-refractivity contribution in [2.24, 2.45) is 0 Å². The third kappa shape index (κ3) is 3.36. The number of nitrogens with zero attached hydrogens (tertiary/aromatic N) is 2. The molecule has 0 saturated heterocycles. The van der Waals surface area contributed by atoms with Gasteiger partial charge in [0.15, 0.2) is 0 Å². The number of benzene rings is 2. The van der Waals surface area contributed by atoms with E-state index in [2.05, 4.69) is 30.5 Å². The summed E-state index contributed by atoms with van der Waals surface area (Å²) in [4.78, 5) is 4.71. The fraction of sp³-hybridized carbons (Fsp3) is 0.316. The van der Waals surface area contributed by atoms with Crippen LogP contribution in [0.15, 0.2) is 36.4 Å². The van der Waals surface area contributed by atoms with Crippen molar-refractivity contribution >= 4 is 16.7 Å². The van der Waals surface area contributed by atoms with Crippen molar-refractivity contribution in [2.45, 2.75) is 27.0 Å². The molecule has 2 N–H and O–H groups in total. The van der Waals surface area contributed by atoms with E-state index in [1.165, 1.54) is 11.1 Å². The largest absolute Gasteiger partial charge is 0.492 e. The summed E-state index contributed by atoms with van der Waals surface area (Å²) in [6.07, 6.45) is 0. The van der Waals surface area contributed by atoms with Crippen molar-refractivity contribution in [3.63, 3.8) is 0 Å². The number of hydrogen-bond acceptors (Lipinski definition) is 4. The fourth-order valence-corrected chi connectivity index (χ4v) is 2.78. The lowest BCUT2D eigenvalue weighted by atomic mass is 10.1. The molecule has 5 heteroatoms. The van der Waals surface area contributed by atoms with Gasteiger partial charge in [-0.05, 0) is 49.2 Å². The van der Waals surface area contributed by atoms with E-state index in [0.29, 0.717) is 25.4 Å². The third-order valence-corrected chi connectivity index (χ3v) is 4.16. The summed E-state index contributed by atoms with van der Waals surface area (Å²) in [5, 5.41) is 0. The first-order valence-electron chi connectivity index (χ1n) is 8.02. The predicted molar refractivity (Wildman–Crippen MR) is 96.3 cm³/mol. The van der Waals surface area contributed by atoms with E-state index in [1.807, 2.05) is 24.3 Å². The average Bonchev–Trinajstić information content (AvgIpc) is 2.85. The maximum absolute atomic E-state index is 5.83. The van der Waals surface area contributed by atoms with Crippen molar-refractivity contribution in [2.75, 3.05) is 19.5 Å². The van der Waals surface area contributed by atoms with Crippen LogP contribution in [-0.2, 0) is 17.9 Å². The maximum Gasteiger partial charge on any atom is 0.136 e. The molecule has 126 valence electrons. The third-order valence-electron chi connectivity index (χ3n) is 4.16. The SMILES string of the molecule is COCc1nc2cc(C)c(C)cc2n1CCOc1cccc(N)c1. The molecule has 0 atom stereocenters. The van der Waals surface area contributed by atoms with Gasteiger partial charge in [0.05, 0.1) is 17.6 Å². The summed E-state index contributed by atoms with van der Waals surface area (Å²) < 4.78 is 13.3. The predicted octanol–water partition coefficient (Wildman–Crippen LogP) is 3.46. The maximum atomic E-state index is 5.83. The summed E-state index contributed by atoms with van der Waals surface area (Å²) in [7, 11) is 1.68. The van der Waals surface area contributed by atoms with Gasteiger partial charge in [-0.2, -0.15) is 0 Å². The zero-order chi connectivity index (χ0) is 17.1. The van der Waals surface area contributed by atoms with Gasteiger partial charge in [0, 0.05) is 18.9 Å². The van der Waals surface area contributed by atoms with Gasteiger partial charge in [0.2, 0.25) is 0 Å². The van der Waals surface area contributed by atoms with E-state index < -0.39 is 0 Å². The minimum absolute atomic E-state index is 0.477. The van der Waals surface area contributed by atoms with Crippen LogP contribution >= 0.6 is 0 Å². The lowest BCUT2D eigenvalue weighted by Gasteiger charge is -2.11. The first kappa shape index (κ1) is 16.3. The lowest BCUT2D eigenvalue weighted by Crippen LogP contribution is -2.12. The van der Waals surface area contributed by atoms with Crippen LogP contribution in [0.25, 0.3) is 11.0 Å². The standard InChI is InChI=1S/C19H23N3O2/c1-13-9-17-18(10-14(13)2)22(19(21-17)12-23-3)7-8-24-16-6-4-5-15(20)11-16/h4-6,9-11H,7-8,12,20H2,1-3H3. The number of anilines is 1. The molecule has 0 radical (unpaired) electrons. The first-order valence-corrected chi connectivity index (χ1v) is 8.02. The van der Waals surface area contributed by atoms with Crippen LogP contribution in [0.2, 0.25) is 0 Å². The molecule has 24 heavy (non-hydrogen) atoms. The van der Waals surface area contributed by atoms with Crippen LogP contribution in [0.3, 0.4) is 0 Å². The Bertz CT molecular complexity index is 855. The molecule has 1 aromatic heterocycles. The molecular formula is C19H23N3O2. The molecular weight excluding hydrogens is 302 g/mol. The molecule has 0 bridgehead atoms. The molecule has 0 saturated carbocycles. The Labute approximate surface area is 142 Å². The molecule has 0 amide bonds. The summed E-state index contributed by atoms with van der Waals surface area (Å²) in [5.74, 6) is 1.69. The Hall–Kier alpha value is -2.53. The van der Waals surface area contributed by atoms with E-state index in [9.17, 15) is 0 Å². The van der Waals surface area contributed by atoms with Gasteiger partial charge in [0.25, 0.3) is 0 Å². The monoisotopic (exact) mass is 325 g/mol.